The Bertz CT molecular complexity index is 956. The molecule has 0 aromatic heterocycles. The molecule has 34 heavy (non-hydrogen) atoms. The second-order valence-corrected chi connectivity index (χ2v) is 9.18. The van der Waals surface area contributed by atoms with Crippen LogP contribution < -0.4 is 5.32 Å². The fraction of sp³-hybridized carbons (Fsp3) is 0.407. The highest BCUT2D eigenvalue weighted by atomic mass is 16.6. The number of nitrogens with one attached hydrogen (secondary N) is 1. The van der Waals surface area contributed by atoms with Gasteiger partial charge in [-0.1, -0.05) is 49.1 Å². The molecule has 0 aliphatic heterocycles. The SMILES string of the molecule is C=CN=C/C=C/CC(O)C1C=CC(CNC(O)OC(C)(C)C)=C(c2cccc(CC(=O)O)c2)C1. The highest BCUT2D eigenvalue weighted by molar-refractivity contribution is 5.75. The minimum Gasteiger partial charge on any atom is -0.481 e. The van der Waals surface area contributed by atoms with Gasteiger partial charge in [0.05, 0.1) is 18.1 Å². The van der Waals surface area contributed by atoms with Gasteiger partial charge in [-0.15, -0.1) is 0 Å². The molecule has 0 saturated heterocycles. The molecule has 0 amide bonds. The highest BCUT2D eigenvalue weighted by Crippen LogP contribution is 2.34. The third-order valence-corrected chi connectivity index (χ3v) is 5.22. The van der Waals surface area contributed by atoms with Crippen molar-refractivity contribution in [3.05, 3.63) is 78.0 Å². The van der Waals surface area contributed by atoms with E-state index < -0.39 is 24.1 Å². The van der Waals surface area contributed by atoms with Gasteiger partial charge >= 0.3 is 5.97 Å². The van der Waals surface area contributed by atoms with Gasteiger partial charge in [-0.3, -0.25) is 15.1 Å². The topological polar surface area (TPSA) is 111 Å². The van der Waals surface area contributed by atoms with Crippen LogP contribution in [-0.2, 0) is 16.0 Å². The van der Waals surface area contributed by atoms with E-state index in [0.29, 0.717) is 24.9 Å². The number of allylic oxidation sites excluding steroid dienone is 2. The minimum atomic E-state index is -1.13. The van der Waals surface area contributed by atoms with Crippen molar-refractivity contribution < 1.29 is 24.9 Å². The summed E-state index contributed by atoms with van der Waals surface area (Å²) in [5, 5.41) is 33.1. The zero-order valence-electron chi connectivity index (χ0n) is 20.1. The van der Waals surface area contributed by atoms with E-state index in [-0.39, 0.29) is 12.3 Å². The number of hydrogen-bond acceptors (Lipinski definition) is 6. The van der Waals surface area contributed by atoms with Crippen molar-refractivity contribution in [1.82, 2.24) is 5.32 Å². The molecule has 2 rings (SSSR count). The number of carboxylic acid groups (broad SMARTS) is 1. The van der Waals surface area contributed by atoms with E-state index in [9.17, 15) is 20.1 Å². The Hall–Kier alpha value is -2.84. The summed E-state index contributed by atoms with van der Waals surface area (Å²) in [4.78, 5) is 15.1. The van der Waals surface area contributed by atoms with Gasteiger partial charge in [-0.05, 0) is 62.0 Å². The van der Waals surface area contributed by atoms with Gasteiger partial charge in [-0.2, -0.15) is 0 Å². The molecule has 184 valence electrons. The van der Waals surface area contributed by atoms with Gasteiger partial charge in [0.2, 0.25) is 6.41 Å². The maximum absolute atomic E-state index is 11.2. The first-order valence-corrected chi connectivity index (χ1v) is 11.4. The maximum Gasteiger partial charge on any atom is 0.307 e. The number of aliphatic imine (C=N–C) groups is 1. The Morgan fingerprint density at radius 1 is 1.35 bits per heavy atom. The molecule has 7 nitrogen and oxygen atoms in total. The Labute approximate surface area is 201 Å². The summed E-state index contributed by atoms with van der Waals surface area (Å²) in [6.07, 6.45) is 9.89. The monoisotopic (exact) mass is 468 g/mol. The molecule has 1 aromatic rings. The molecule has 7 heteroatoms. The summed E-state index contributed by atoms with van der Waals surface area (Å²) in [6.45, 7) is 9.46. The first-order valence-electron chi connectivity index (χ1n) is 11.4. The third kappa shape index (κ3) is 9.57. The molecule has 0 heterocycles. The summed E-state index contributed by atoms with van der Waals surface area (Å²) in [7, 11) is 0. The predicted molar refractivity (Wildman–Crippen MR) is 135 cm³/mol. The van der Waals surface area contributed by atoms with Crippen molar-refractivity contribution in [2.24, 2.45) is 10.9 Å². The first-order chi connectivity index (χ1) is 16.1. The number of ether oxygens (including phenoxy) is 1. The molecule has 0 spiro atoms. The number of aliphatic hydroxyl groups excluding tert-OH is 2. The quantitative estimate of drug-likeness (QED) is 0.274. The molecular formula is C27H36N2O5. The minimum absolute atomic E-state index is 0.0637. The van der Waals surface area contributed by atoms with Crippen LogP contribution in [0.2, 0.25) is 0 Å². The second kappa shape index (κ2) is 13.2. The Balaban J connectivity index is 2.24. The molecule has 1 aromatic carbocycles. The molecule has 0 saturated carbocycles. The molecule has 0 radical (unpaired) electrons. The average Bonchev–Trinajstić information content (AvgIpc) is 2.76. The van der Waals surface area contributed by atoms with Crippen molar-refractivity contribution in [2.45, 2.75) is 58.2 Å². The molecule has 3 unspecified atom stereocenters. The van der Waals surface area contributed by atoms with Crippen LogP contribution in [0.4, 0.5) is 0 Å². The van der Waals surface area contributed by atoms with Crippen LogP contribution in [0.1, 0.15) is 44.7 Å². The summed E-state index contributed by atoms with van der Waals surface area (Å²) in [5.74, 6) is -1.00. The van der Waals surface area contributed by atoms with Crippen LogP contribution in [0.5, 0.6) is 0 Å². The van der Waals surface area contributed by atoms with Crippen molar-refractivity contribution in [2.75, 3.05) is 6.54 Å². The second-order valence-electron chi connectivity index (χ2n) is 9.18. The average molecular weight is 469 g/mol. The number of aliphatic carboxylic acids is 1. The first kappa shape index (κ1) is 27.4. The van der Waals surface area contributed by atoms with Gasteiger partial charge in [0, 0.05) is 24.9 Å². The van der Waals surface area contributed by atoms with E-state index in [2.05, 4.69) is 16.9 Å². The zero-order valence-corrected chi connectivity index (χ0v) is 20.1. The predicted octanol–water partition coefficient (Wildman–Crippen LogP) is 3.85. The van der Waals surface area contributed by atoms with Gasteiger partial charge in [-0.25, -0.2) is 0 Å². The van der Waals surface area contributed by atoms with Gasteiger partial charge in [0.1, 0.15) is 0 Å². The summed E-state index contributed by atoms with van der Waals surface area (Å²) >= 11 is 0. The molecular weight excluding hydrogens is 432 g/mol. The van der Waals surface area contributed by atoms with E-state index in [1.165, 1.54) is 6.20 Å². The summed E-state index contributed by atoms with van der Waals surface area (Å²) in [6, 6.07) is 7.45. The molecule has 1 aliphatic rings. The van der Waals surface area contributed by atoms with Crippen molar-refractivity contribution in [1.29, 1.82) is 0 Å². The number of carbonyl (C=O) groups is 1. The number of aliphatic hydroxyl groups is 2. The lowest BCUT2D eigenvalue weighted by atomic mass is 9.82. The third-order valence-electron chi connectivity index (χ3n) is 5.22. The van der Waals surface area contributed by atoms with E-state index in [0.717, 1.165) is 16.7 Å². The van der Waals surface area contributed by atoms with Crippen molar-refractivity contribution in [3.63, 3.8) is 0 Å². The molecule has 4 N–H and O–H groups in total. The fourth-order valence-electron chi connectivity index (χ4n) is 3.69. The Morgan fingerprint density at radius 2 is 2.12 bits per heavy atom. The number of carboxylic acids is 1. The van der Waals surface area contributed by atoms with Crippen LogP contribution in [0.15, 0.2) is 71.9 Å². The van der Waals surface area contributed by atoms with Crippen molar-refractivity contribution in [3.8, 4) is 0 Å². The zero-order chi connectivity index (χ0) is 25.1. The smallest absolute Gasteiger partial charge is 0.307 e. The fourth-order valence-corrected chi connectivity index (χ4v) is 3.69. The molecule has 0 fully saturated rings. The lowest BCUT2D eigenvalue weighted by Gasteiger charge is -2.28. The number of hydrogen-bond donors (Lipinski definition) is 4. The van der Waals surface area contributed by atoms with E-state index in [1.54, 1.807) is 18.4 Å². The largest absolute Gasteiger partial charge is 0.481 e. The van der Waals surface area contributed by atoms with E-state index in [1.807, 2.05) is 57.2 Å². The van der Waals surface area contributed by atoms with Gasteiger partial charge in [0.25, 0.3) is 0 Å². The normalized spacial score (nSPS) is 18.6. The lowest BCUT2D eigenvalue weighted by molar-refractivity contribution is -0.180. The van der Waals surface area contributed by atoms with Crippen LogP contribution in [-0.4, -0.2) is 52.2 Å². The van der Waals surface area contributed by atoms with E-state index in [4.69, 9.17) is 4.74 Å². The maximum atomic E-state index is 11.2. The molecule has 0 bridgehead atoms. The standard InChI is InChI=1S/C27H36N2O5/c1-5-28-14-7-6-11-24(30)21-12-13-22(18-29-26(33)34-27(2,3)4)23(17-21)20-10-8-9-19(15-20)16-25(31)32/h5-10,12-15,21,24,26,29-30,33H,1,11,16-18H2,2-4H3,(H,31,32)/b7-6+,28-14?. The van der Waals surface area contributed by atoms with Gasteiger partial charge in [0.15, 0.2) is 0 Å². The van der Waals surface area contributed by atoms with Crippen LogP contribution in [0.25, 0.3) is 5.57 Å². The Morgan fingerprint density at radius 3 is 2.79 bits per heavy atom. The van der Waals surface area contributed by atoms with Crippen LogP contribution in [0.3, 0.4) is 0 Å². The van der Waals surface area contributed by atoms with Crippen molar-refractivity contribution >= 4 is 17.8 Å². The van der Waals surface area contributed by atoms with Crippen LogP contribution >= 0.6 is 0 Å². The number of benzene rings is 1. The number of rotatable bonds is 12. The van der Waals surface area contributed by atoms with E-state index >= 15 is 0 Å². The molecule has 1 aliphatic carbocycles. The highest BCUT2D eigenvalue weighted by Gasteiger charge is 2.24. The van der Waals surface area contributed by atoms with Gasteiger partial charge < -0.3 is 20.1 Å². The molecule has 3 atom stereocenters. The summed E-state index contributed by atoms with van der Waals surface area (Å²) in [5.41, 5.74) is 3.04. The number of nitrogens with zero attached hydrogens (tertiary/aromatic N) is 1. The Kier molecular flexibility index (Phi) is 10.6. The van der Waals surface area contributed by atoms with Crippen LogP contribution in [0, 0.1) is 5.92 Å². The summed E-state index contributed by atoms with van der Waals surface area (Å²) < 4.78 is 5.53. The lowest BCUT2D eigenvalue weighted by Crippen LogP contribution is -2.39.